The summed E-state index contributed by atoms with van der Waals surface area (Å²) in [6, 6.07) is 10.9. The predicted octanol–water partition coefficient (Wildman–Crippen LogP) is 5.30. The Morgan fingerprint density at radius 3 is 2.38 bits per heavy atom. The van der Waals surface area contributed by atoms with Gasteiger partial charge in [0.05, 0.1) is 15.0 Å². The maximum atomic E-state index is 12.2. The molecule has 1 heterocycles. The van der Waals surface area contributed by atoms with Crippen LogP contribution in [0.4, 0.5) is 4.79 Å². The van der Waals surface area contributed by atoms with Gasteiger partial charge in [0.1, 0.15) is 13.2 Å². The molecule has 0 aromatic heterocycles. The molecule has 0 radical (unpaired) electrons. The van der Waals surface area contributed by atoms with Crippen LogP contribution in [0.3, 0.4) is 0 Å². The number of thioether (sulfide) groups is 1. The summed E-state index contributed by atoms with van der Waals surface area (Å²) >= 11 is 15.4. The molecular formula is C19H12Cl2INO5S. The molecule has 3 rings (SSSR count). The second kappa shape index (κ2) is 9.38. The van der Waals surface area contributed by atoms with Gasteiger partial charge in [-0.15, -0.1) is 0 Å². The fourth-order valence-electron chi connectivity index (χ4n) is 2.46. The Balaban J connectivity index is 1.77. The molecule has 1 aliphatic heterocycles. The minimum atomic E-state index is -1.27. The Hall–Kier alpha value is -1.75. The molecule has 1 N–H and O–H groups in total. The van der Waals surface area contributed by atoms with Crippen molar-refractivity contribution in [3.05, 3.63) is 66.0 Å². The maximum absolute atomic E-state index is 12.2. The first kappa shape index (κ1) is 21.9. The monoisotopic (exact) mass is 563 g/mol. The second-order valence-corrected chi connectivity index (χ2v) is 8.94. The molecule has 29 heavy (non-hydrogen) atoms. The Labute approximate surface area is 193 Å². The lowest BCUT2D eigenvalue weighted by atomic mass is 10.2. The summed E-state index contributed by atoms with van der Waals surface area (Å²) < 4.78 is 6.84. The van der Waals surface area contributed by atoms with Crippen molar-refractivity contribution in [3.63, 3.8) is 0 Å². The highest BCUT2D eigenvalue weighted by molar-refractivity contribution is 14.1. The van der Waals surface area contributed by atoms with E-state index in [9.17, 15) is 14.4 Å². The predicted molar refractivity (Wildman–Crippen MR) is 120 cm³/mol. The summed E-state index contributed by atoms with van der Waals surface area (Å²) in [5.74, 6) is -1.63. The van der Waals surface area contributed by atoms with Crippen LogP contribution < -0.4 is 4.74 Å². The number of imide groups is 1. The number of nitrogens with zero attached hydrogens (tertiary/aromatic N) is 1. The van der Waals surface area contributed by atoms with Gasteiger partial charge in [-0.05, 0) is 75.8 Å². The van der Waals surface area contributed by atoms with Crippen LogP contribution >= 0.6 is 57.6 Å². The zero-order valence-electron chi connectivity index (χ0n) is 14.5. The standard InChI is InChI=1S/C19H12Cl2INO5S/c20-13-5-11(7-15-18(26)23(8-16(24)25)19(27)29-15)6-14(21)17(13)28-9-10-1-3-12(22)4-2-10/h1-7H,8-9H2,(H,24,25)/b15-7+. The van der Waals surface area contributed by atoms with Crippen LogP contribution in [0.1, 0.15) is 11.1 Å². The van der Waals surface area contributed by atoms with Crippen molar-refractivity contribution in [3.8, 4) is 5.75 Å². The van der Waals surface area contributed by atoms with E-state index in [-0.39, 0.29) is 21.6 Å². The average Bonchev–Trinajstić information content (AvgIpc) is 2.89. The third-order valence-corrected chi connectivity index (χ3v) is 5.97. The largest absolute Gasteiger partial charge is 0.486 e. The van der Waals surface area contributed by atoms with E-state index in [1.807, 2.05) is 24.3 Å². The first-order valence-electron chi connectivity index (χ1n) is 8.08. The van der Waals surface area contributed by atoms with E-state index in [4.69, 9.17) is 33.0 Å². The summed E-state index contributed by atoms with van der Waals surface area (Å²) in [7, 11) is 0. The lowest BCUT2D eigenvalue weighted by Gasteiger charge is -2.11. The quantitative estimate of drug-likeness (QED) is 0.379. The molecule has 2 amide bonds. The van der Waals surface area contributed by atoms with Crippen LogP contribution in [0.15, 0.2) is 41.3 Å². The van der Waals surface area contributed by atoms with Gasteiger partial charge in [0, 0.05) is 3.57 Å². The highest BCUT2D eigenvalue weighted by atomic mass is 127. The fraction of sp³-hybridized carbons (Fsp3) is 0.105. The van der Waals surface area contributed by atoms with Crippen molar-refractivity contribution in [2.75, 3.05) is 6.54 Å². The summed E-state index contributed by atoms with van der Waals surface area (Å²) in [4.78, 5) is 35.6. The van der Waals surface area contributed by atoms with Gasteiger partial charge in [0.25, 0.3) is 11.1 Å². The number of carboxylic acid groups (broad SMARTS) is 1. The van der Waals surface area contributed by atoms with Gasteiger partial charge in [-0.25, -0.2) is 0 Å². The lowest BCUT2D eigenvalue weighted by Crippen LogP contribution is -2.33. The molecule has 0 saturated carbocycles. The number of carbonyl (C=O) groups is 3. The Bertz CT molecular complexity index is 1000. The molecule has 1 fully saturated rings. The van der Waals surface area contributed by atoms with E-state index in [1.54, 1.807) is 12.1 Å². The van der Waals surface area contributed by atoms with E-state index in [0.29, 0.717) is 28.0 Å². The number of hydrogen-bond acceptors (Lipinski definition) is 5. The number of amides is 2. The van der Waals surface area contributed by atoms with Gasteiger partial charge in [0.15, 0.2) is 5.75 Å². The van der Waals surface area contributed by atoms with E-state index >= 15 is 0 Å². The first-order valence-corrected chi connectivity index (χ1v) is 10.7. The van der Waals surface area contributed by atoms with Crippen LogP contribution in [-0.4, -0.2) is 33.7 Å². The van der Waals surface area contributed by atoms with E-state index in [0.717, 1.165) is 9.13 Å². The summed E-state index contributed by atoms with van der Waals surface area (Å²) in [5.41, 5.74) is 1.44. The summed E-state index contributed by atoms with van der Waals surface area (Å²) in [5, 5.41) is 8.67. The SMILES string of the molecule is O=C(O)CN1C(=O)S/C(=C/c2cc(Cl)c(OCc3ccc(I)cc3)c(Cl)c2)C1=O. The molecule has 6 nitrogen and oxygen atoms in total. The number of carboxylic acids is 1. The van der Waals surface area contributed by atoms with Gasteiger partial charge in [0.2, 0.25) is 0 Å². The van der Waals surface area contributed by atoms with Crippen LogP contribution in [0.25, 0.3) is 6.08 Å². The van der Waals surface area contributed by atoms with Crippen molar-refractivity contribution in [1.82, 2.24) is 4.90 Å². The highest BCUT2D eigenvalue weighted by Gasteiger charge is 2.36. The van der Waals surface area contributed by atoms with Crippen molar-refractivity contribution >= 4 is 80.7 Å². The number of rotatable bonds is 6. The molecule has 1 saturated heterocycles. The Kier molecular flexibility index (Phi) is 7.10. The van der Waals surface area contributed by atoms with E-state index < -0.39 is 23.7 Å². The van der Waals surface area contributed by atoms with Crippen LogP contribution in [0, 0.1) is 3.57 Å². The fourth-order valence-corrected chi connectivity index (χ4v) is 4.27. The molecule has 10 heteroatoms. The zero-order valence-corrected chi connectivity index (χ0v) is 19.0. The van der Waals surface area contributed by atoms with Gasteiger partial charge >= 0.3 is 5.97 Å². The summed E-state index contributed by atoms with van der Waals surface area (Å²) in [6.45, 7) is -0.404. The molecule has 0 bridgehead atoms. The number of halogens is 3. The number of aliphatic carboxylic acids is 1. The minimum absolute atomic E-state index is 0.0935. The number of ether oxygens (including phenoxy) is 1. The number of carbonyl (C=O) groups excluding carboxylic acids is 2. The average molecular weight is 564 g/mol. The van der Waals surface area contributed by atoms with Crippen molar-refractivity contribution in [2.45, 2.75) is 6.61 Å². The van der Waals surface area contributed by atoms with E-state index in [2.05, 4.69) is 22.6 Å². The smallest absolute Gasteiger partial charge is 0.323 e. The molecule has 2 aromatic rings. The topological polar surface area (TPSA) is 83.9 Å². The van der Waals surface area contributed by atoms with Gasteiger partial charge in [-0.1, -0.05) is 35.3 Å². The van der Waals surface area contributed by atoms with Crippen molar-refractivity contribution in [1.29, 1.82) is 0 Å². The number of benzene rings is 2. The van der Waals surface area contributed by atoms with Crippen LogP contribution in [-0.2, 0) is 16.2 Å². The van der Waals surface area contributed by atoms with Gasteiger partial charge in [-0.2, -0.15) is 0 Å². The van der Waals surface area contributed by atoms with Gasteiger partial charge in [-0.3, -0.25) is 19.3 Å². The van der Waals surface area contributed by atoms with E-state index in [1.165, 1.54) is 6.08 Å². The minimum Gasteiger partial charge on any atom is -0.486 e. The highest BCUT2D eigenvalue weighted by Crippen LogP contribution is 2.37. The molecule has 2 aromatic carbocycles. The molecule has 0 unspecified atom stereocenters. The molecular weight excluding hydrogens is 552 g/mol. The van der Waals surface area contributed by atoms with Crippen LogP contribution in [0.5, 0.6) is 5.75 Å². The molecule has 0 aliphatic carbocycles. The molecule has 0 spiro atoms. The molecule has 1 aliphatic rings. The molecule has 150 valence electrons. The lowest BCUT2D eigenvalue weighted by molar-refractivity contribution is -0.140. The second-order valence-electron chi connectivity index (χ2n) is 5.89. The first-order chi connectivity index (χ1) is 13.7. The van der Waals surface area contributed by atoms with Crippen molar-refractivity contribution < 1.29 is 24.2 Å². The maximum Gasteiger partial charge on any atom is 0.323 e. The Morgan fingerprint density at radius 1 is 1.17 bits per heavy atom. The third-order valence-electron chi connectivity index (χ3n) is 3.78. The van der Waals surface area contributed by atoms with Gasteiger partial charge < -0.3 is 9.84 Å². The normalized spacial score (nSPS) is 15.3. The molecule has 0 atom stereocenters. The summed E-state index contributed by atoms with van der Waals surface area (Å²) in [6.07, 6.45) is 1.44. The zero-order chi connectivity index (χ0) is 21.1. The van der Waals surface area contributed by atoms with Crippen molar-refractivity contribution in [2.24, 2.45) is 0 Å². The Morgan fingerprint density at radius 2 is 1.79 bits per heavy atom. The van der Waals surface area contributed by atoms with Crippen LogP contribution in [0.2, 0.25) is 10.0 Å². The third kappa shape index (κ3) is 5.44. The number of hydrogen-bond donors (Lipinski definition) is 1.